The van der Waals surface area contributed by atoms with Gasteiger partial charge in [0.25, 0.3) is 5.91 Å². The van der Waals surface area contributed by atoms with Crippen molar-refractivity contribution < 1.29 is 4.79 Å². The van der Waals surface area contributed by atoms with Gasteiger partial charge in [-0.1, -0.05) is 12.1 Å². The Morgan fingerprint density at radius 3 is 2.76 bits per heavy atom. The number of hydrogen-bond donors (Lipinski definition) is 1. The van der Waals surface area contributed by atoms with Crippen LogP contribution >= 0.6 is 11.3 Å². The van der Waals surface area contributed by atoms with Crippen LogP contribution in [0.1, 0.15) is 57.5 Å². The van der Waals surface area contributed by atoms with Crippen molar-refractivity contribution in [3.05, 3.63) is 51.1 Å². The van der Waals surface area contributed by atoms with Crippen LogP contribution in [-0.4, -0.2) is 27.3 Å². The Morgan fingerprint density at radius 2 is 2.04 bits per heavy atom. The summed E-state index contributed by atoms with van der Waals surface area (Å²) in [7, 11) is 0. The number of piperidine rings is 1. The predicted octanol–water partition coefficient (Wildman–Crippen LogP) is 4.92. The molecule has 3 heterocycles. The first-order chi connectivity index (χ1) is 12.1. The average molecular weight is 353 g/mol. The van der Waals surface area contributed by atoms with E-state index in [1.165, 1.54) is 16.5 Å². The summed E-state index contributed by atoms with van der Waals surface area (Å²) in [5.74, 6) is 0.104. The van der Waals surface area contributed by atoms with Crippen LogP contribution in [0, 0.1) is 20.8 Å². The van der Waals surface area contributed by atoms with Crippen molar-refractivity contribution in [2.45, 2.75) is 46.1 Å². The van der Waals surface area contributed by atoms with E-state index in [9.17, 15) is 4.79 Å². The number of aromatic nitrogens is 2. The van der Waals surface area contributed by atoms with Crippen molar-refractivity contribution in [2.24, 2.45) is 0 Å². The lowest BCUT2D eigenvalue weighted by Gasteiger charge is -2.34. The number of aromatic amines is 1. The van der Waals surface area contributed by atoms with E-state index in [0.717, 1.165) is 47.6 Å². The fourth-order valence-corrected chi connectivity index (χ4v) is 4.77. The molecule has 0 aliphatic carbocycles. The third-order valence-electron chi connectivity index (χ3n) is 5.34. The Morgan fingerprint density at radius 1 is 1.24 bits per heavy atom. The number of thiazole rings is 1. The van der Waals surface area contributed by atoms with Crippen molar-refractivity contribution in [3.8, 4) is 0 Å². The van der Waals surface area contributed by atoms with Gasteiger partial charge in [0, 0.05) is 29.0 Å². The molecule has 4 rings (SSSR count). The number of H-pyrrole nitrogens is 1. The van der Waals surface area contributed by atoms with Gasteiger partial charge in [-0.25, -0.2) is 4.98 Å². The molecule has 25 heavy (non-hydrogen) atoms. The number of nitrogens with one attached hydrogen (secondary N) is 1. The van der Waals surface area contributed by atoms with Crippen LogP contribution in [0.2, 0.25) is 0 Å². The molecule has 1 N–H and O–H groups in total. The molecule has 130 valence electrons. The molecule has 0 bridgehead atoms. The molecule has 1 aliphatic heterocycles. The summed E-state index contributed by atoms with van der Waals surface area (Å²) in [6.45, 7) is 7.05. The van der Waals surface area contributed by atoms with Crippen LogP contribution in [0.5, 0.6) is 0 Å². The van der Waals surface area contributed by atoms with E-state index >= 15 is 0 Å². The smallest absolute Gasteiger partial charge is 0.271 e. The highest BCUT2D eigenvalue weighted by molar-refractivity contribution is 7.09. The third kappa shape index (κ3) is 2.67. The molecular weight excluding hydrogens is 330 g/mol. The third-order valence-corrected chi connectivity index (χ3v) is 6.21. The highest BCUT2D eigenvalue weighted by Crippen LogP contribution is 2.35. The molecule has 1 fully saturated rings. The minimum absolute atomic E-state index is 0.104. The van der Waals surface area contributed by atoms with Gasteiger partial charge < -0.3 is 9.88 Å². The Hall–Kier alpha value is -2.14. The summed E-state index contributed by atoms with van der Waals surface area (Å²) in [4.78, 5) is 23.3. The Labute approximate surface area is 151 Å². The van der Waals surface area contributed by atoms with Crippen LogP contribution in [0.15, 0.2) is 23.7 Å². The molecule has 1 aliphatic rings. The minimum atomic E-state index is 0.104. The van der Waals surface area contributed by atoms with Gasteiger partial charge in [-0.15, -0.1) is 11.3 Å². The molecule has 2 aromatic heterocycles. The first kappa shape index (κ1) is 16.3. The SMILES string of the molecule is Cc1ccc(C)c2c(C)c(C(=O)N3CCCC[C@@H]3c3nccs3)[nH]c12. The normalized spacial score (nSPS) is 18.0. The largest absolute Gasteiger partial charge is 0.350 e. The summed E-state index contributed by atoms with van der Waals surface area (Å²) < 4.78 is 0. The maximum atomic E-state index is 13.4. The van der Waals surface area contributed by atoms with Gasteiger partial charge in [-0.2, -0.15) is 0 Å². The Bertz CT molecular complexity index is 926. The summed E-state index contributed by atoms with van der Waals surface area (Å²) in [6, 6.07) is 4.35. The average Bonchev–Trinajstić information content (AvgIpc) is 3.26. The molecule has 3 aromatic rings. The number of carbonyl (C=O) groups is 1. The quantitative estimate of drug-likeness (QED) is 0.711. The number of hydrogen-bond acceptors (Lipinski definition) is 3. The lowest BCUT2D eigenvalue weighted by molar-refractivity contribution is 0.0605. The van der Waals surface area contributed by atoms with E-state index in [-0.39, 0.29) is 11.9 Å². The number of amides is 1. The molecule has 1 atom stereocenters. The van der Waals surface area contributed by atoms with Gasteiger partial charge in [-0.05, 0) is 56.7 Å². The Balaban J connectivity index is 1.77. The van der Waals surface area contributed by atoms with E-state index in [1.807, 2.05) is 16.5 Å². The van der Waals surface area contributed by atoms with Crippen LogP contribution in [0.3, 0.4) is 0 Å². The van der Waals surface area contributed by atoms with E-state index in [1.54, 1.807) is 11.3 Å². The lowest BCUT2D eigenvalue weighted by Crippen LogP contribution is -2.38. The van der Waals surface area contributed by atoms with E-state index < -0.39 is 0 Å². The van der Waals surface area contributed by atoms with E-state index in [0.29, 0.717) is 0 Å². The van der Waals surface area contributed by atoms with E-state index in [2.05, 4.69) is 42.9 Å². The number of rotatable bonds is 2. The van der Waals surface area contributed by atoms with E-state index in [4.69, 9.17) is 0 Å². The zero-order chi connectivity index (χ0) is 17.6. The zero-order valence-electron chi connectivity index (χ0n) is 14.9. The lowest BCUT2D eigenvalue weighted by atomic mass is 10.0. The number of benzene rings is 1. The molecule has 0 unspecified atom stereocenters. The molecule has 1 saturated heterocycles. The van der Waals surface area contributed by atoms with Crippen LogP contribution in [-0.2, 0) is 0 Å². The monoisotopic (exact) mass is 353 g/mol. The van der Waals surface area contributed by atoms with Crippen molar-refractivity contribution in [1.29, 1.82) is 0 Å². The second kappa shape index (κ2) is 6.30. The fourth-order valence-electron chi connectivity index (χ4n) is 3.99. The predicted molar refractivity (Wildman–Crippen MR) is 102 cm³/mol. The first-order valence-corrected chi connectivity index (χ1v) is 9.74. The summed E-state index contributed by atoms with van der Waals surface area (Å²) in [5, 5.41) is 4.23. The van der Waals surface area contributed by atoms with Gasteiger partial charge in [0.1, 0.15) is 10.7 Å². The maximum absolute atomic E-state index is 13.4. The summed E-state index contributed by atoms with van der Waals surface area (Å²) in [5.41, 5.74) is 5.27. The second-order valence-corrected chi connectivity index (χ2v) is 7.88. The molecule has 0 spiro atoms. The van der Waals surface area contributed by atoms with Crippen molar-refractivity contribution in [3.63, 3.8) is 0 Å². The van der Waals surface area contributed by atoms with Crippen LogP contribution in [0.4, 0.5) is 0 Å². The van der Waals surface area contributed by atoms with Crippen molar-refractivity contribution in [2.75, 3.05) is 6.54 Å². The summed E-state index contributed by atoms with van der Waals surface area (Å²) >= 11 is 1.64. The summed E-state index contributed by atoms with van der Waals surface area (Å²) in [6.07, 6.45) is 5.04. The standard InChI is InChI=1S/C20H23N3OS/c1-12-7-8-13(2)17-16(12)14(3)18(22-17)20(24)23-10-5-4-6-15(23)19-21-9-11-25-19/h7-9,11,15,22H,4-6,10H2,1-3H3/t15-/m1/s1. The van der Waals surface area contributed by atoms with Crippen molar-refractivity contribution in [1.82, 2.24) is 14.9 Å². The molecule has 4 nitrogen and oxygen atoms in total. The van der Waals surface area contributed by atoms with Gasteiger partial charge >= 0.3 is 0 Å². The number of fused-ring (bicyclic) bond motifs is 1. The van der Waals surface area contributed by atoms with Gasteiger partial charge in [0.2, 0.25) is 0 Å². The minimum Gasteiger partial charge on any atom is -0.350 e. The Kier molecular flexibility index (Phi) is 4.12. The van der Waals surface area contributed by atoms with Crippen molar-refractivity contribution >= 4 is 28.1 Å². The number of carbonyl (C=O) groups excluding carboxylic acids is 1. The number of nitrogens with zero attached hydrogens (tertiary/aromatic N) is 2. The molecular formula is C20H23N3OS. The molecule has 1 amide bonds. The maximum Gasteiger partial charge on any atom is 0.271 e. The molecule has 5 heteroatoms. The fraction of sp³-hybridized carbons (Fsp3) is 0.400. The number of aryl methyl sites for hydroxylation is 3. The second-order valence-electron chi connectivity index (χ2n) is 6.95. The van der Waals surface area contributed by atoms with Crippen LogP contribution in [0.25, 0.3) is 10.9 Å². The zero-order valence-corrected chi connectivity index (χ0v) is 15.7. The van der Waals surface area contributed by atoms with Gasteiger partial charge in [0.05, 0.1) is 6.04 Å². The topological polar surface area (TPSA) is 49.0 Å². The van der Waals surface area contributed by atoms with Gasteiger partial charge in [-0.3, -0.25) is 4.79 Å². The first-order valence-electron chi connectivity index (χ1n) is 8.86. The number of likely N-dealkylation sites (tertiary alicyclic amines) is 1. The molecule has 0 saturated carbocycles. The molecule has 0 radical (unpaired) electrons. The molecule has 1 aromatic carbocycles. The highest BCUT2D eigenvalue weighted by Gasteiger charge is 2.32. The van der Waals surface area contributed by atoms with Crippen LogP contribution < -0.4 is 0 Å². The highest BCUT2D eigenvalue weighted by atomic mass is 32.1. The van der Waals surface area contributed by atoms with Gasteiger partial charge in [0.15, 0.2) is 0 Å².